The topological polar surface area (TPSA) is 95.2 Å². The summed E-state index contributed by atoms with van der Waals surface area (Å²) in [5.74, 6) is -0.222. The van der Waals surface area contributed by atoms with E-state index in [9.17, 15) is 9.90 Å². The van der Waals surface area contributed by atoms with Gasteiger partial charge in [-0.15, -0.1) is 0 Å². The molecule has 1 aliphatic heterocycles. The molecule has 0 atom stereocenters. The first kappa shape index (κ1) is 10.9. The van der Waals surface area contributed by atoms with E-state index in [1.807, 2.05) is 6.92 Å². The molecular formula is C10H16N4O2. The summed E-state index contributed by atoms with van der Waals surface area (Å²) in [4.78, 5) is 13.5. The predicted octanol–water partition coefficient (Wildman–Crippen LogP) is -0.239. The highest BCUT2D eigenvalue weighted by Crippen LogP contribution is 2.24. The minimum atomic E-state index is -0.770. The van der Waals surface area contributed by atoms with E-state index in [1.165, 1.54) is 4.90 Å². The molecule has 0 saturated carbocycles. The number of nitrogens with two attached hydrogens (primary N) is 1. The van der Waals surface area contributed by atoms with Crippen LogP contribution in [0.25, 0.3) is 0 Å². The molecule has 1 saturated heterocycles. The van der Waals surface area contributed by atoms with Crippen molar-refractivity contribution in [1.29, 1.82) is 0 Å². The molecule has 1 aromatic rings. The maximum atomic E-state index is 11.9. The van der Waals surface area contributed by atoms with Crippen molar-refractivity contribution in [3.05, 3.63) is 11.4 Å². The van der Waals surface area contributed by atoms with Crippen LogP contribution in [0, 0.1) is 0 Å². The van der Waals surface area contributed by atoms with Gasteiger partial charge in [-0.3, -0.25) is 9.89 Å². The number of aromatic nitrogens is 2. The summed E-state index contributed by atoms with van der Waals surface area (Å²) in [6.45, 7) is 4.30. The summed E-state index contributed by atoms with van der Waals surface area (Å²) < 4.78 is 0. The normalized spacial score (nSPS) is 18.3. The van der Waals surface area contributed by atoms with E-state index in [0.29, 0.717) is 25.2 Å². The number of anilines is 1. The number of hydrogen-bond acceptors (Lipinski definition) is 4. The molecule has 0 bridgehead atoms. The number of hydrogen-bond donors (Lipinski definition) is 3. The van der Waals surface area contributed by atoms with Crippen LogP contribution in [0.15, 0.2) is 0 Å². The molecular weight excluding hydrogens is 208 g/mol. The fraction of sp³-hybridized carbons (Fsp3) is 0.600. The smallest absolute Gasteiger partial charge is 0.276 e. The lowest BCUT2D eigenvalue weighted by molar-refractivity contribution is -0.0670. The van der Waals surface area contributed by atoms with Crippen LogP contribution in [0.3, 0.4) is 0 Å². The molecule has 2 rings (SSSR count). The number of rotatable bonds is 2. The molecule has 0 aromatic carbocycles. The Kier molecular flexibility index (Phi) is 2.38. The Bertz CT molecular complexity index is 416. The lowest BCUT2D eigenvalue weighted by Gasteiger charge is -2.43. The summed E-state index contributed by atoms with van der Waals surface area (Å²) in [6.07, 6.45) is 0.712. The second-order valence-electron chi connectivity index (χ2n) is 4.48. The van der Waals surface area contributed by atoms with E-state index in [0.717, 1.165) is 5.69 Å². The number of β-amino-alcohol motifs (C(OH)–C–C–N with tert-alkyl or cyclic N) is 1. The van der Waals surface area contributed by atoms with Crippen molar-refractivity contribution in [1.82, 2.24) is 15.1 Å². The molecule has 1 amide bonds. The molecule has 6 heteroatoms. The second-order valence-corrected chi connectivity index (χ2v) is 4.48. The number of aliphatic hydroxyl groups is 1. The minimum Gasteiger partial charge on any atom is -0.395 e. The van der Waals surface area contributed by atoms with Crippen molar-refractivity contribution in [3.63, 3.8) is 0 Å². The zero-order valence-electron chi connectivity index (χ0n) is 9.45. The average molecular weight is 224 g/mol. The van der Waals surface area contributed by atoms with Crippen LogP contribution in [-0.4, -0.2) is 44.8 Å². The van der Waals surface area contributed by atoms with E-state index in [4.69, 9.17) is 5.73 Å². The van der Waals surface area contributed by atoms with E-state index in [2.05, 4.69) is 10.2 Å². The first-order valence-corrected chi connectivity index (χ1v) is 5.29. The molecule has 88 valence electrons. The predicted molar refractivity (Wildman–Crippen MR) is 58.9 cm³/mol. The van der Waals surface area contributed by atoms with Gasteiger partial charge >= 0.3 is 0 Å². The summed E-state index contributed by atoms with van der Waals surface area (Å²) in [5.41, 5.74) is 6.47. The van der Waals surface area contributed by atoms with Crippen LogP contribution in [0.1, 0.15) is 30.0 Å². The zero-order valence-corrected chi connectivity index (χ0v) is 9.45. The minimum absolute atomic E-state index is 0.222. The van der Waals surface area contributed by atoms with Gasteiger partial charge in [-0.2, -0.15) is 5.10 Å². The van der Waals surface area contributed by atoms with E-state index >= 15 is 0 Å². The van der Waals surface area contributed by atoms with E-state index < -0.39 is 5.60 Å². The summed E-state index contributed by atoms with van der Waals surface area (Å²) in [6, 6.07) is 0. The first-order chi connectivity index (χ1) is 7.44. The molecule has 0 radical (unpaired) electrons. The fourth-order valence-corrected chi connectivity index (χ4v) is 1.89. The summed E-state index contributed by atoms with van der Waals surface area (Å²) in [7, 11) is 0. The number of carbonyl (C=O) groups excluding carboxylic acids is 1. The van der Waals surface area contributed by atoms with Gasteiger partial charge in [0.05, 0.1) is 30.1 Å². The van der Waals surface area contributed by atoms with Crippen molar-refractivity contribution >= 4 is 11.6 Å². The number of aromatic amines is 1. The zero-order chi connectivity index (χ0) is 11.9. The van der Waals surface area contributed by atoms with Crippen LogP contribution in [0.5, 0.6) is 0 Å². The molecule has 0 unspecified atom stereocenters. The van der Waals surface area contributed by atoms with Crippen molar-refractivity contribution in [2.24, 2.45) is 0 Å². The molecule has 16 heavy (non-hydrogen) atoms. The lowest BCUT2D eigenvalue weighted by Crippen LogP contribution is -2.61. The van der Waals surface area contributed by atoms with Crippen molar-refractivity contribution in [2.75, 3.05) is 18.8 Å². The van der Waals surface area contributed by atoms with Crippen LogP contribution in [0.2, 0.25) is 0 Å². The molecule has 0 aliphatic carbocycles. The van der Waals surface area contributed by atoms with Crippen LogP contribution in [-0.2, 0) is 6.42 Å². The highest BCUT2D eigenvalue weighted by atomic mass is 16.3. The number of nitrogens with one attached hydrogen (secondary N) is 1. The first-order valence-electron chi connectivity index (χ1n) is 5.29. The Balaban J connectivity index is 2.13. The average Bonchev–Trinajstić information content (AvgIpc) is 2.55. The Morgan fingerprint density at radius 3 is 2.75 bits per heavy atom. The Labute approximate surface area is 93.4 Å². The van der Waals surface area contributed by atoms with Gasteiger partial charge < -0.3 is 15.7 Å². The van der Waals surface area contributed by atoms with Gasteiger partial charge in [-0.05, 0) is 13.3 Å². The number of carbonyl (C=O) groups is 1. The molecule has 0 spiro atoms. The molecule has 6 nitrogen and oxygen atoms in total. The van der Waals surface area contributed by atoms with Crippen molar-refractivity contribution < 1.29 is 9.90 Å². The monoisotopic (exact) mass is 224 g/mol. The third-order valence-electron chi connectivity index (χ3n) is 2.79. The Morgan fingerprint density at radius 2 is 2.31 bits per heavy atom. The van der Waals surface area contributed by atoms with Gasteiger partial charge in [0.25, 0.3) is 5.91 Å². The fourth-order valence-electron chi connectivity index (χ4n) is 1.89. The molecule has 1 aromatic heterocycles. The second kappa shape index (κ2) is 3.48. The highest BCUT2D eigenvalue weighted by molar-refractivity contribution is 5.98. The summed E-state index contributed by atoms with van der Waals surface area (Å²) >= 11 is 0. The van der Waals surface area contributed by atoms with Crippen molar-refractivity contribution in [3.8, 4) is 0 Å². The van der Waals surface area contributed by atoms with Gasteiger partial charge in [0.15, 0.2) is 5.69 Å². The molecule has 2 heterocycles. The number of amides is 1. The van der Waals surface area contributed by atoms with Gasteiger partial charge in [-0.25, -0.2) is 0 Å². The summed E-state index contributed by atoms with van der Waals surface area (Å²) in [5, 5.41) is 16.2. The quantitative estimate of drug-likeness (QED) is 0.646. The number of nitrogens with zero attached hydrogens (tertiary/aromatic N) is 2. The van der Waals surface area contributed by atoms with Gasteiger partial charge in [0.2, 0.25) is 0 Å². The van der Waals surface area contributed by atoms with Crippen molar-refractivity contribution in [2.45, 2.75) is 25.9 Å². The van der Waals surface area contributed by atoms with Gasteiger partial charge in [-0.1, -0.05) is 6.92 Å². The largest absolute Gasteiger partial charge is 0.395 e. The number of nitrogen functional groups attached to an aromatic ring is 1. The third kappa shape index (κ3) is 1.65. The van der Waals surface area contributed by atoms with Gasteiger partial charge in [0, 0.05) is 0 Å². The van der Waals surface area contributed by atoms with E-state index in [1.54, 1.807) is 6.92 Å². The number of likely N-dealkylation sites (tertiary alicyclic amines) is 1. The highest BCUT2D eigenvalue weighted by Gasteiger charge is 2.40. The van der Waals surface area contributed by atoms with Crippen LogP contribution < -0.4 is 5.73 Å². The molecule has 1 aliphatic rings. The maximum Gasteiger partial charge on any atom is 0.276 e. The standard InChI is InChI=1S/C10H16N4O2/c1-3-6-7(11)8(13-12-6)9(15)14-4-10(2,16)5-14/h16H,3-5,11H2,1-2H3,(H,12,13). The SMILES string of the molecule is CCc1[nH]nc(C(=O)N2CC(C)(O)C2)c1N. The number of aryl methyl sites for hydroxylation is 1. The molecule has 1 fully saturated rings. The third-order valence-corrected chi connectivity index (χ3v) is 2.79. The Hall–Kier alpha value is -1.56. The van der Waals surface area contributed by atoms with Gasteiger partial charge in [0.1, 0.15) is 0 Å². The van der Waals surface area contributed by atoms with E-state index in [-0.39, 0.29) is 11.6 Å². The lowest BCUT2D eigenvalue weighted by atomic mass is 9.96. The van der Waals surface area contributed by atoms with Crippen LogP contribution in [0.4, 0.5) is 5.69 Å². The molecule has 4 N–H and O–H groups in total. The number of H-pyrrole nitrogens is 1. The Morgan fingerprint density at radius 1 is 1.69 bits per heavy atom. The van der Waals surface area contributed by atoms with Crippen LogP contribution >= 0.6 is 0 Å². The maximum absolute atomic E-state index is 11.9.